The number of benzene rings is 2. The average Bonchev–Trinajstić information content (AvgIpc) is 2.47. The molecule has 0 aliphatic carbocycles. The lowest BCUT2D eigenvalue weighted by molar-refractivity contribution is -0.115. The van der Waals surface area contributed by atoms with Crippen molar-refractivity contribution < 1.29 is 14.0 Å². The van der Waals surface area contributed by atoms with Crippen molar-refractivity contribution in [2.24, 2.45) is 0 Å². The van der Waals surface area contributed by atoms with Gasteiger partial charge in [-0.05, 0) is 35.9 Å². The summed E-state index contributed by atoms with van der Waals surface area (Å²) in [5.74, 6) is -0.634. The van der Waals surface area contributed by atoms with Crippen molar-refractivity contribution >= 4 is 23.3 Å². The fourth-order valence-corrected chi connectivity index (χ4v) is 1.91. The molecule has 2 rings (SSSR count). The highest BCUT2D eigenvalue weighted by Gasteiger charge is 2.06. The SMILES string of the molecule is CNC(=O)Nc1cccc(NC(=O)Cc2cccc(F)c2)c1. The predicted molar refractivity (Wildman–Crippen MR) is 83.3 cm³/mol. The Balaban J connectivity index is 1.99. The Morgan fingerprint density at radius 3 is 2.36 bits per heavy atom. The summed E-state index contributed by atoms with van der Waals surface area (Å²) in [5.41, 5.74) is 1.70. The predicted octanol–water partition coefficient (Wildman–Crippen LogP) is 2.76. The van der Waals surface area contributed by atoms with Crippen molar-refractivity contribution in [3.8, 4) is 0 Å². The molecule has 0 fully saturated rings. The van der Waals surface area contributed by atoms with E-state index in [1.54, 1.807) is 36.4 Å². The lowest BCUT2D eigenvalue weighted by Gasteiger charge is -2.08. The van der Waals surface area contributed by atoms with Crippen molar-refractivity contribution in [2.75, 3.05) is 17.7 Å². The lowest BCUT2D eigenvalue weighted by Crippen LogP contribution is -2.24. The summed E-state index contributed by atoms with van der Waals surface area (Å²) < 4.78 is 13.1. The van der Waals surface area contributed by atoms with Crippen LogP contribution in [0.4, 0.5) is 20.6 Å². The second kappa shape index (κ2) is 7.21. The van der Waals surface area contributed by atoms with Crippen molar-refractivity contribution in [3.05, 3.63) is 59.9 Å². The van der Waals surface area contributed by atoms with Crippen molar-refractivity contribution in [1.82, 2.24) is 5.32 Å². The van der Waals surface area contributed by atoms with Crippen molar-refractivity contribution in [2.45, 2.75) is 6.42 Å². The normalized spacial score (nSPS) is 9.91. The molecule has 0 unspecified atom stereocenters. The Hall–Kier alpha value is -2.89. The maximum atomic E-state index is 13.1. The van der Waals surface area contributed by atoms with Gasteiger partial charge >= 0.3 is 6.03 Å². The molecule has 0 radical (unpaired) electrons. The van der Waals surface area contributed by atoms with E-state index < -0.39 is 0 Å². The van der Waals surface area contributed by atoms with Gasteiger partial charge in [0.05, 0.1) is 6.42 Å². The van der Waals surface area contributed by atoms with Gasteiger partial charge in [-0.2, -0.15) is 0 Å². The Morgan fingerprint density at radius 2 is 1.68 bits per heavy atom. The minimum atomic E-state index is -0.373. The molecule has 2 aromatic carbocycles. The molecule has 114 valence electrons. The summed E-state index contributed by atoms with van der Waals surface area (Å²) in [5, 5.41) is 7.76. The van der Waals surface area contributed by atoms with Gasteiger partial charge in [-0.25, -0.2) is 9.18 Å². The number of nitrogens with one attached hydrogen (secondary N) is 3. The summed E-state index contributed by atoms with van der Waals surface area (Å²) in [6.07, 6.45) is 0.0743. The third-order valence-corrected chi connectivity index (χ3v) is 2.88. The van der Waals surface area contributed by atoms with Crippen LogP contribution in [0.2, 0.25) is 0 Å². The number of hydrogen-bond acceptors (Lipinski definition) is 2. The highest BCUT2D eigenvalue weighted by atomic mass is 19.1. The zero-order valence-corrected chi connectivity index (χ0v) is 12.0. The van der Waals surface area contributed by atoms with E-state index in [0.29, 0.717) is 16.9 Å². The molecule has 0 spiro atoms. The zero-order valence-electron chi connectivity index (χ0n) is 12.0. The molecular formula is C16H16FN3O2. The van der Waals surface area contributed by atoms with Crippen molar-refractivity contribution in [3.63, 3.8) is 0 Å². The van der Waals surface area contributed by atoms with Gasteiger partial charge in [0.25, 0.3) is 0 Å². The largest absolute Gasteiger partial charge is 0.341 e. The van der Waals surface area contributed by atoms with E-state index in [-0.39, 0.29) is 24.2 Å². The first kappa shape index (κ1) is 15.5. The summed E-state index contributed by atoms with van der Waals surface area (Å²) in [7, 11) is 1.51. The number of carbonyl (C=O) groups is 2. The smallest absolute Gasteiger partial charge is 0.318 e. The van der Waals surface area contributed by atoms with E-state index in [2.05, 4.69) is 16.0 Å². The minimum Gasteiger partial charge on any atom is -0.341 e. The van der Waals surface area contributed by atoms with Crippen molar-refractivity contribution in [1.29, 1.82) is 0 Å². The quantitative estimate of drug-likeness (QED) is 0.812. The van der Waals surface area contributed by atoms with Crippen LogP contribution in [0.3, 0.4) is 0 Å². The standard InChI is InChI=1S/C16H16FN3O2/c1-18-16(22)20-14-7-3-6-13(10-14)19-15(21)9-11-4-2-5-12(17)8-11/h2-8,10H,9H2,1H3,(H,19,21)(H2,18,20,22). The molecule has 22 heavy (non-hydrogen) atoms. The highest BCUT2D eigenvalue weighted by molar-refractivity contribution is 5.94. The molecule has 0 saturated heterocycles. The molecule has 0 heterocycles. The molecule has 0 bridgehead atoms. The van der Waals surface area contributed by atoms with Crippen LogP contribution in [0, 0.1) is 5.82 Å². The van der Waals surface area contributed by atoms with Gasteiger partial charge in [-0.3, -0.25) is 4.79 Å². The van der Waals surface area contributed by atoms with Crippen LogP contribution in [0.25, 0.3) is 0 Å². The molecule has 0 atom stereocenters. The van der Waals surface area contributed by atoms with E-state index in [1.165, 1.54) is 19.2 Å². The summed E-state index contributed by atoms with van der Waals surface area (Å²) in [6, 6.07) is 12.3. The van der Waals surface area contributed by atoms with Crippen LogP contribution in [0.1, 0.15) is 5.56 Å². The van der Waals surface area contributed by atoms with Crippen LogP contribution < -0.4 is 16.0 Å². The molecule has 5 nitrogen and oxygen atoms in total. The number of carbonyl (C=O) groups excluding carboxylic acids is 2. The van der Waals surface area contributed by atoms with Gasteiger partial charge in [0.15, 0.2) is 0 Å². The highest BCUT2D eigenvalue weighted by Crippen LogP contribution is 2.15. The number of anilines is 2. The molecule has 0 saturated carbocycles. The van der Waals surface area contributed by atoms with E-state index in [1.807, 2.05) is 0 Å². The molecule has 2 aromatic rings. The van der Waals surface area contributed by atoms with Gasteiger partial charge in [0.1, 0.15) is 5.82 Å². The molecule has 0 aliphatic heterocycles. The fraction of sp³-hybridized carbons (Fsp3) is 0.125. The summed E-state index contributed by atoms with van der Waals surface area (Å²) in [6.45, 7) is 0. The van der Waals surface area contributed by atoms with Gasteiger partial charge in [0.2, 0.25) is 5.91 Å². The van der Waals surface area contributed by atoms with Gasteiger partial charge in [-0.1, -0.05) is 18.2 Å². The van der Waals surface area contributed by atoms with Crippen LogP contribution in [0.5, 0.6) is 0 Å². The third kappa shape index (κ3) is 4.59. The Bertz CT molecular complexity index is 689. The van der Waals surface area contributed by atoms with Gasteiger partial charge < -0.3 is 16.0 Å². The van der Waals surface area contributed by atoms with Crippen LogP contribution in [-0.4, -0.2) is 19.0 Å². The second-order valence-corrected chi connectivity index (χ2v) is 4.64. The Morgan fingerprint density at radius 1 is 1.00 bits per heavy atom. The fourth-order valence-electron chi connectivity index (χ4n) is 1.91. The lowest BCUT2D eigenvalue weighted by atomic mass is 10.1. The average molecular weight is 301 g/mol. The van der Waals surface area contributed by atoms with Crippen LogP contribution in [0.15, 0.2) is 48.5 Å². The van der Waals surface area contributed by atoms with Gasteiger partial charge in [0, 0.05) is 18.4 Å². The number of rotatable bonds is 4. The van der Waals surface area contributed by atoms with E-state index in [4.69, 9.17) is 0 Å². The number of urea groups is 1. The number of hydrogen-bond donors (Lipinski definition) is 3. The zero-order chi connectivity index (χ0) is 15.9. The van der Waals surface area contributed by atoms with Gasteiger partial charge in [-0.15, -0.1) is 0 Å². The minimum absolute atomic E-state index is 0.0743. The van der Waals surface area contributed by atoms with E-state index >= 15 is 0 Å². The van der Waals surface area contributed by atoms with E-state index in [0.717, 1.165) is 0 Å². The first-order chi connectivity index (χ1) is 10.6. The first-order valence-electron chi connectivity index (χ1n) is 6.70. The van der Waals surface area contributed by atoms with Crippen LogP contribution in [-0.2, 0) is 11.2 Å². The molecular weight excluding hydrogens is 285 g/mol. The second-order valence-electron chi connectivity index (χ2n) is 4.64. The maximum absolute atomic E-state index is 13.1. The first-order valence-corrected chi connectivity index (χ1v) is 6.70. The molecule has 0 aliphatic rings. The third-order valence-electron chi connectivity index (χ3n) is 2.88. The van der Waals surface area contributed by atoms with E-state index in [9.17, 15) is 14.0 Å². The molecule has 6 heteroatoms. The maximum Gasteiger partial charge on any atom is 0.318 e. The molecule has 3 N–H and O–H groups in total. The van der Waals surface area contributed by atoms with Crippen LogP contribution >= 0.6 is 0 Å². The Kier molecular flexibility index (Phi) is 5.08. The number of amides is 3. The monoisotopic (exact) mass is 301 g/mol. The molecule has 3 amide bonds. The summed E-state index contributed by atoms with van der Waals surface area (Å²) in [4.78, 5) is 23.2. The Labute approximate surface area is 127 Å². The summed E-state index contributed by atoms with van der Waals surface area (Å²) >= 11 is 0. The number of halogens is 1. The topological polar surface area (TPSA) is 70.2 Å². The molecule has 0 aromatic heterocycles.